The van der Waals surface area contributed by atoms with Crippen molar-refractivity contribution >= 4 is 5.69 Å². The van der Waals surface area contributed by atoms with E-state index in [1.54, 1.807) is 0 Å². The molecule has 0 saturated carbocycles. The summed E-state index contributed by atoms with van der Waals surface area (Å²) < 4.78 is 0. The van der Waals surface area contributed by atoms with Crippen molar-refractivity contribution in [2.75, 3.05) is 19.0 Å². The van der Waals surface area contributed by atoms with Crippen LogP contribution in [0.4, 0.5) is 5.69 Å². The first kappa shape index (κ1) is 8.67. The Hall–Kier alpha value is -1.42. The van der Waals surface area contributed by atoms with Crippen molar-refractivity contribution in [3.05, 3.63) is 29.3 Å². The van der Waals surface area contributed by atoms with Gasteiger partial charge in [0, 0.05) is 25.3 Å². The van der Waals surface area contributed by atoms with Gasteiger partial charge in [0.05, 0.1) is 0 Å². The van der Waals surface area contributed by atoms with Crippen molar-refractivity contribution in [2.45, 2.75) is 6.92 Å². The largest absolute Gasteiger partial charge is 0.377 e. The van der Waals surface area contributed by atoms with Gasteiger partial charge in [-0.2, -0.15) is 0 Å². The van der Waals surface area contributed by atoms with Crippen LogP contribution in [-0.2, 0) is 0 Å². The lowest BCUT2D eigenvalue weighted by Gasteiger charge is -2.15. The Morgan fingerprint density at radius 3 is 2.50 bits per heavy atom. The molecule has 62 valence electrons. The van der Waals surface area contributed by atoms with Crippen LogP contribution in [0, 0.1) is 19.3 Å². The molecule has 0 aliphatic carbocycles. The predicted octanol–water partition coefficient (Wildman–Crippen LogP) is 2.04. The van der Waals surface area contributed by atoms with Crippen LogP contribution in [-0.4, -0.2) is 14.1 Å². The molecule has 0 aromatic heterocycles. The summed E-state index contributed by atoms with van der Waals surface area (Å²) in [7, 11) is 4.03. The normalized spacial score (nSPS) is 9.17. The molecule has 0 bridgehead atoms. The molecule has 0 N–H and O–H groups in total. The van der Waals surface area contributed by atoms with Crippen LogP contribution in [0.2, 0.25) is 0 Å². The molecule has 0 heterocycles. The number of hydrogen-bond donors (Lipinski definition) is 0. The topological polar surface area (TPSA) is 3.24 Å². The molecule has 1 heteroatoms. The Morgan fingerprint density at radius 2 is 2.00 bits per heavy atom. The van der Waals surface area contributed by atoms with Crippen LogP contribution in [0.5, 0.6) is 0 Å². The van der Waals surface area contributed by atoms with Crippen molar-refractivity contribution in [3.8, 4) is 12.3 Å². The third-order valence-corrected chi connectivity index (χ3v) is 1.86. The third kappa shape index (κ3) is 1.60. The monoisotopic (exact) mass is 159 g/mol. The van der Waals surface area contributed by atoms with Gasteiger partial charge in [0.1, 0.15) is 0 Å². The highest BCUT2D eigenvalue weighted by atomic mass is 15.1. The average molecular weight is 159 g/mol. The fourth-order valence-electron chi connectivity index (χ4n) is 1.18. The number of anilines is 1. The van der Waals surface area contributed by atoms with Gasteiger partial charge in [-0.3, -0.25) is 0 Å². The van der Waals surface area contributed by atoms with Crippen molar-refractivity contribution < 1.29 is 0 Å². The number of aryl methyl sites for hydroxylation is 1. The van der Waals surface area contributed by atoms with Gasteiger partial charge in [0.2, 0.25) is 0 Å². The molecule has 0 atom stereocenters. The second-order valence-corrected chi connectivity index (χ2v) is 3.04. The van der Waals surface area contributed by atoms with Crippen LogP contribution < -0.4 is 4.90 Å². The molecule has 0 saturated heterocycles. The van der Waals surface area contributed by atoms with Gasteiger partial charge in [-0.1, -0.05) is 12.0 Å². The fraction of sp³-hybridized carbons (Fsp3) is 0.273. The van der Waals surface area contributed by atoms with Gasteiger partial charge in [-0.15, -0.1) is 6.42 Å². The lowest BCUT2D eigenvalue weighted by Crippen LogP contribution is -2.10. The second-order valence-electron chi connectivity index (χ2n) is 3.04. The Labute approximate surface area is 74.0 Å². The molecule has 0 aliphatic rings. The van der Waals surface area contributed by atoms with Gasteiger partial charge in [-0.25, -0.2) is 0 Å². The standard InChI is InChI=1S/C11H13N/c1-5-10-7-6-9(2)11(8-10)12(3)4/h1,6-8H,2-4H3. The molecule has 1 aromatic carbocycles. The van der Waals surface area contributed by atoms with Crippen LogP contribution >= 0.6 is 0 Å². The van der Waals surface area contributed by atoms with E-state index < -0.39 is 0 Å². The molecule has 0 fully saturated rings. The molecule has 1 rings (SSSR count). The highest BCUT2D eigenvalue weighted by Gasteiger charge is 1.99. The maximum Gasteiger partial charge on any atom is 0.0403 e. The molecule has 1 aromatic rings. The quantitative estimate of drug-likeness (QED) is 0.567. The smallest absolute Gasteiger partial charge is 0.0403 e. The molecule has 0 amide bonds. The minimum Gasteiger partial charge on any atom is -0.377 e. The number of rotatable bonds is 1. The molecular weight excluding hydrogens is 146 g/mol. The van der Waals surface area contributed by atoms with E-state index in [0.717, 1.165) is 5.56 Å². The first-order valence-electron chi connectivity index (χ1n) is 3.89. The van der Waals surface area contributed by atoms with Gasteiger partial charge in [-0.05, 0) is 24.6 Å². The van der Waals surface area contributed by atoms with Gasteiger partial charge >= 0.3 is 0 Å². The van der Waals surface area contributed by atoms with E-state index in [1.165, 1.54) is 11.3 Å². The van der Waals surface area contributed by atoms with Crippen LogP contribution in [0.25, 0.3) is 0 Å². The highest BCUT2D eigenvalue weighted by Crippen LogP contribution is 2.18. The Bertz CT molecular complexity index is 318. The zero-order valence-corrected chi connectivity index (χ0v) is 7.76. The van der Waals surface area contributed by atoms with E-state index in [0.29, 0.717) is 0 Å². The van der Waals surface area contributed by atoms with Crippen LogP contribution in [0.1, 0.15) is 11.1 Å². The summed E-state index contributed by atoms with van der Waals surface area (Å²) in [5, 5.41) is 0. The third-order valence-electron chi connectivity index (χ3n) is 1.86. The van der Waals surface area contributed by atoms with Crippen LogP contribution in [0.3, 0.4) is 0 Å². The first-order chi connectivity index (χ1) is 5.65. The van der Waals surface area contributed by atoms with E-state index in [-0.39, 0.29) is 0 Å². The number of nitrogens with zero attached hydrogens (tertiary/aromatic N) is 1. The zero-order valence-electron chi connectivity index (χ0n) is 7.76. The molecule has 0 radical (unpaired) electrons. The number of terminal acetylenes is 1. The average Bonchev–Trinajstić information content (AvgIpc) is 2.05. The zero-order chi connectivity index (χ0) is 9.14. The summed E-state index contributed by atoms with van der Waals surface area (Å²) in [4.78, 5) is 2.07. The minimum atomic E-state index is 0.935. The van der Waals surface area contributed by atoms with E-state index >= 15 is 0 Å². The van der Waals surface area contributed by atoms with Crippen molar-refractivity contribution in [1.29, 1.82) is 0 Å². The SMILES string of the molecule is C#Cc1ccc(C)c(N(C)C)c1. The molecule has 0 spiro atoms. The maximum atomic E-state index is 5.30. The van der Waals surface area contributed by atoms with E-state index in [2.05, 4.69) is 17.7 Å². The van der Waals surface area contributed by atoms with Crippen molar-refractivity contribution in [1.82, 2.24) is 0 Å². The van der Waals surface area contributed by atoms with Crippen molar-refractivity contribution in [3.63, 3.8) is 0 Å². The first-order valence-corrected chi connectivity index (χ1v) is 3.89. The number of hydrogen-bond acceptors (Lipinski definition) is 1. The van der Waals surface area contributed by atoms with Gasteiger partial charge in [0.25, 0.3) is 0 Å². The minimum absolute atomic E-state index is 0.935. The summed E-state index contributed by atoms with van der Waals surface area (Å²) in [6.45, 7) is 2.08. The maximum absolute atomic E-state index is 5.30. The summed E-state index contributed by atoms with van der Waals surface area (Å²) in [5.74, 6) is 2.62. The highest BCUT2D eigenvalue weighted by molar-refractivity contribution is 5.56. The van der Waals surface area contributed by atoms with Gasteiger partial charge < -0.3 is 4.90 Å². The Morgan fingerprint density at radius 1 is 1.33 bits per heavy atom. The predicted molar refractivity (Wildman–Crippen MR) is 53.4 cm³/mol. The Kier molecular flexibility index (Phi) is 2.40. The molecular formula is C11H13N. The summed E-state index contributed by atoms with van der Waals surface area (Å²) in [6.07, 6.45) is 5.30. The summed E-state index contributed by atoms with van der Waals surface area (Å²) >= 11 is 0. The Balaban J connectivity index is 3.19. The van der Waals surface area contributed by atoms with E-state index in [4.69, 9.17) is 6.42 Å². The lowest BCUT2D eigenvalue weighted by molar-refractivity contribution is 1.11. The van der Waals surface area contributed by atoms with Crippen molar-refractivity contribution in [2.24, 2.45) is 0 Å². The molecule has 0 aliphatic heterocycles. The van der Waals surface area contributed by atoms with E-state index in [9.17, 15) is 0 Å². The summed E-state index contributed by atoms with van der Waals surface area (Å²) in [5.41, 5.74) is 3.37. The summed E-state index contributed by atoms with van der Waals surface area (Å²) in [6, 6.07) is 6.03. The molecule has 12 heavy (non-hydrogen) atoms. The fourth-order valence-corrected chi connectivity index (χ4v) is 1.18. The molecule has 1 nitrogen and oxygen atoms in total. The van der Waals surface area contributed by atoms with E-state index in [1.807, 2.05) is 32.3 Å². The molecule has 0 unspecified atom stereocenters. The van der Waals surface area contributed by atoms with Gasteiger partial charge in [0.15, 0.2) is 0 Å². The second kappa shape index (κ2) is 3.32. The number of benzene rings is 1. The lowest BCUT2D eigenvalue weighted by atomic mass is 10.1. The van der Waals surface area contributed by atoms with Crippen LogP contribution in [0.15, 0.2) is 18.2 Å².